The second-order valence-electron chi connectivity index (χ2n) is 16.0. The van der Waals surface area contributed by atoms with E-state index >= 15 is 0 Å². The standard InChI is InChI=1S/C60H39NOS/c1-3-14-41(15-4-1)48-18-7-9-20-51(48)52-21-10-8-19-49(52)43-28-33-46(34-29-43)61(47-35-37-59-56(39-47)53-22-11-12-25-58(53)63-59)45-31-26-40(27-32-45)44-30-36-57-55(38-44)54-24-13-23-50(60(54)62-57)42-16-5-2-6-17-42/h1-39H. The Kier molecular flexibility index (Phi) is 9.06. The lowest BCUT2D eigenvalue weighted by molar-refractivity contribution is 0.670. The molecule has 2 aromatic heterocycles. The van der Waals surface area contributed by atoms with E-state index in [2.05, 4.69) is 235 Å². The van der Waals surface area contributed by atoms with Crippen molar-refractivity contribution < 1.29 is 4.42 Å². The van der Waals surface area contributed by atoms with Crippen molar-refractivity contribution in [2.24, 2.45) is 0 Å². The van der Waals surface area contributed by atoms with Crippen molar-refractivity contribution in [2.75, 3.05) is 4.90 Å². The summed E-state index contributed by atoms with van der Waals surface area (Å²) in [7, 11) is 0. The van der Waals surface area contributed by atoms with E-state index in [0.29, 0.717) is 0 Å². The van der Waals surface area contributed by atoms with Gasteiger partial charge in [-0.15, -0.1) is 11.3 Å². The molecule has 10 aromatic carbocycles. The minimum atomic E-state index is 0.891. The molecular formula is C60H39NOS. The molecule has 0 atom stereocenters. The molecule has 0 radical (unpaired) electrons. The van der Waals surface area contributed by atoms with Crippen LogP contribution >= 0.6 is 11.3 Å². The number of hydrogen-bond donors (Lipinski definition) is 0. The van der Waals surface area contributed by atoms with Gasteiger partial charge in [0.25, 0.3) is 0 Å². The van der Waals surface area contributed by atoms with Gasteiger partial charge in [-0.3, -0.25) is 0 Å². The highest BCUT2D eigenvalue weighted by molar-refractivity contribution is 7.25. The summed E-state index contributed by atoms with van der Waals surface area (Å²) in [5.74, 6) is 0. The second kappa shape index (κ2) is 15.5. The van der Waals surface area contributed by atoms with Gasteiger partial charge in [0.15, 0.2) is 0 Å². The largest absolute Gasteiger partial charge is 0.455 e. The van der Waals surface area contributed by atoms with E-state index in [9.17, 15) is 0 Å². The predicted molar refractivity (Wildman–Crippen MR) is 268 cm³/mol. The SMILES string of the molecule is c1ccc(-c2ccccc2-c2ccccc2-c2ccc(N(c3ccc(-c4ccc5oc6c(-c7ccccc7)cccc6c5c4)cc3)c3ccc4sc5ccccc5c4c3)cc2)cc1. The van der Waals surface area contributed by atoms with E-state index < -0.39 is 0 Å². The van der Waals surface area contributed by atoms with Crippen molar-refractivity contribution in [3.8, 4) is 55.6 Å². The van der Waals surface area contributed by atoms with Crippen LogP contribution in [-0.4, -0.2) is 0 Å². The average Bonchev–Trinajstić information content (AvgIpc) is 3.93. The number of nitrogens with zero attached hydrogens (tertiary/aromatic N) is 1. The van der Waals surface area contributed by atoms with E-state index in [4.69, 9.17) is 4.42 Å². The summed E-state index contributed by atoms with van der Waals surface area (Å²) in [4.78, 5) is 2.38. The van der Waals surface area contributed by atoms with Crippen molar-refractivity contribution >= 4 is 70.5 Å². The van der Waals surface area contributed by atoms with E-state index in [-0.39, 0.29) is 0 Å². The fourth-order valence-electron chi connectivity index (χ4n) is 9.27. The van der Waals surface area contributed by atoms with Crippen molar-refractivity contribution in [3.05, 3.63) is 237 Å². The first-order chi connectivity index (χ1) is 31.2. The maximum absolute atomic E-state index is 6.51. The molecule has 12 rings (SSSR count). The van der Waals surface area contributed by atoms with Gasteiger partial charge in [0.1, 0.15) is 11.2 Å². The Morgan fingerprint density at radius 1 is 0.286 bits per heavy atom. The van der Waals surface area contributed by atoms with Crippen LogP contribution in [0.1, 0.15) is 0 Å². The average molecular weight is 822 g/mol. The van der Waals surface area contributed by atoms with Crippen LogP contribution in [0.15, 0.2) is 241 Å². The third-order valence-corrected chi connectivity index (χ3v) is 13.5. The fraction of sp³-hybridized carbons (Fsp3) is 0. The number of rotatable bonds is 8. The van der Waals surface area contributed by atoms with Crippen molar-refractivity contribution in [1.29, 1.82) is 0 Å². The molecule has 0 aliphatic heterocycles. The first-order valence-electron chi connectivity index (χ1n) is 21.4. The molecule has 0 fully saturated rings. The van der Waals surface area contributed by atoms with Crippen LogP contribution in [0.4, 0.5) is 17.1 Å². The summed E-state index contributed by atoms with van der Waals surface area (Å²) >= 11 is 1.85. The minimum absolute atomic E-state index is 0.891. The molecule has 0 unspecified atom stereocenters. The first kappa shape index (κ1) is 36.8. The topological polar surface area (TPSA) is 16.4 Å². The predicted octanol–water partition coefficient (Wildman–Crippen LogP) is 17.8. The lowest BCUT2D eigenvalue weighted by Crippen LogP contribution is -2.09. The third-order valence-electron chi connectivity index (χ3n) is 12.3. The van der Waals surface area contributed by atoms with Gasteiger partial charge in [-0.1, -0.05) is 176 Å². The number of anilines is 3. The Bertz CT molecular complexity index is 3600. The maximum atomic E-state index is 6.51. The smallest absolute Gasteiger partial charge is 0.143 e. The normalized spacial score (nSPS) is 11.5. The molecule has 0 aliphatic rings. The summed E-state index contributed by atoms with van der Waals surface area (Å²) in [5, 5.41) is 4.80. The molecule has 63 heavy (non-hydrogen) atoms. The number of benzene rings is 10. The van der Waals surface area contributed by atoms with Gasteiger partial charge >= 0.3 is 0 Å². The van der Waals surface area contributed by atoms with Gasteiger partial charge in [-0.2, -0.15) is 0 Å². The van der Waals surface area contributed by atoms with Crippen LogP contribution in [0.3, 0.4) is 0 Å². The Morgan fingerprint density at radius 3 is 1.46 bits per heavy atom. The summed E-state index contributed by atoms with van der Waals surface area (Å²) in [5.41, 5.74) is 16.9. The summed E-state index contributed by atoms with van der Waals surface area (Å²) in [6, 6.07) is 85.3. The molecule has 0 aliphatic carbocycles. The quantitative estimate of drug-likeness (QED) is 0.152. The van der Waals surface area contributed by atoms with E-state index in [1.165, 1.54) is 53.6 Å². The monoisotopic (exact) mass is 821 g/mol. The zero-order chi connectivity index (χ0) is 41.7. The molecule has 0 saturated carbocycles. The molecule has 0 spiro atoms. The lowest BCUT2D eigenvalue weighted by Gasteiger charge is -2.26. The first-order valence-corrected chi connectivity index (χ1v) is 22.2. The highest BCUT2D eigenvalue weighted by Crippen LogP contribution is 2.44. The number of para-hydroxylation sites is 1. The van der Waals surface area contributed by atoms with Crippen LogP contribution in [-0.2, 0) is 0 Å². The van der Waals surface area contributed by atoms with Crippen LogP contribution < -0.4 is 4.90 Å². The van der Waals surface area contributed by atoms with Gasteiger partial charge < -0.3 is 9.32 Å². The third kappa shape index (κ3) is 6.58. The molecule has 2 heterocycles. The maximum Gasteiger partial charge on any atom is 0.143 e. The zero-order valence-electron chi connectivity index (χ0n) is 34.3. The van der Waals surface area contributed by atoms with Crippen LogP contribution in [0.25, 0.3) is 97.7 Å². The summed E-state index contributed by atoms with van der Waals surface area (Å²) in [6.45, 7) is 0. The van der Waals surface area contributed by atoms with Crippen molar-refractivity contribution in [3.63, 3.8) is 0 Å². The van der Waals surface area contributed by atoms with Crippen LogP contribution in [0.2, 0.25) is 0 Å². The van der Waals surface area contributed by atoms with E-state index in [1.807, 2.05) is 17.4 Å². The molecule has 0 amide bonds. The molecule has 2 nitrogen and oxygen atoms in total. The molecule has 0 bridgehead atoms. The summed E-state index contributed by atoms with van der Waals surface area (Å²) < 4.78 is 9.10. The number of fused-ring (bicyclic) bond motifs is 6. The Labute approximate surface area is 370 Å². The van der Waals surface area contributed by atoms with Gasteiger partial charge in [-0.25, -0.2) is 0 Å². The highest BCUT2D eigenvalue weighted by atomic mass is 32.1. The molecule has 296 valence electrons. The highest BCUT2D eigenvalue weighted by Gasteiger charge is 2.18. The molecule has 12 aromatic rings. The van der Waals surface area contributed by atoms with Gasteiger partial charge in [0.2, 0.25) is 0 Å². The Hall–Kier alpha value is -7.98. The second-order valence-corrected chi connectivity index (χ2v) is 17.1. The molecule has 0 N–H and O–H groups in total. The minimum Gasteiger partial charge on any atom is -0.455 e. The van der Waals surface area contributed by atoms with Gasteiger partial charge in [-0.05, 0) is 111 Å². The Balaban J connectivity index is 0.938. The fourth-order valence-corrected chi connectivity index (χ4v) is 10.4. The van der Waals surface area contributed by atoms with Gasteiger partial charge in [0.05, 0.1) is 0 Å². The number of thiophene rings is 1. The van der Waals surface area contributed by atoms with Crippen LogP contribution in [0, 0.1) is 0 Å². The van der Waals surface area contributed by atoms with Crippen molar-refractivity contribution in [2.45, 2.75) is 0 Å². The summed E-state index contributed by atoms with van der Waals surface area (Å²) in [6.07, 6.45) is 0. The molecule has 3 heteroatoms. The van der Waals surface area contributed by atoms with E-state index in [0.717, 1.165) is 61.3 Å². The number of furan rings is 1. The Morgan fingerprint density at radius 2 is 0.778 bits per heavy atom. The van der Waals surface area contributed by atoms with Crippen LogP contribution in [0.5, 0.6) is 0 Å². The molecular weight excluding hydrogens is 783 g/mol. The van der Waals surface area contributed by atoms with E-state index in [1.54, 1.807) is 0 Å². The lowest BCUT2D eigenvalue weighted by atomic mass is 9.89. The van der Waals surface area contributed by atoms with Crippen molar-refractivity contribution in [1.82, 2.24) is 0 Å². The number of hydrogen-bond acceptors (Lipinski definition) is 3. The van der Waals surface area contributed by atoms with Gasteiger partial charge in [0, 0.05) is 53.6 Å². The zero-order valence-corrected chi connectivity index (χ0v) is 35.1. The molecule has 0 saturated heterocycles.